The Kier molecular flexibility index (Phi) is 6.55. The third-order valence-electron chi connectivity index (χ3n) is 2.32. The molecule has 0 aromatic heterocycles. The molecule has 0 spiro atoms. The highest BCUT2D eigenvalue weighted by Crippen LogP contribution is 2.12. The zero-order valence-electron chi connectivity index (χ0n) is 10.5. The molecule has 1 saturated heterocycles. The Morgan fingerprint density at radius 2 is 1.94 bits per heavy atom. The van der Waals surface area contributed by atoms with Gasteiger partial charge in [-0.1, -0.05) is 0 Å². The van der Waals surface area contributed by atoms with Crippen LogP contribution in [0.1, 0.15) is 33.6 Å². The van der Waals surface area contributed by atoms with Crippen LogP contribution in [0.25, 0.3) is 0 Å². The molecule has 1 aliphatic heterocycles. The average Bonchev–Trinajstić information content (AvgIpc) is 2.18. The molecular weight excluding hydrogens is 208 g/mol. The first-order valence-corrected chi connectivity index (χ1v) is 5.55. The minimum absolute atomic E-state index is 0.120. The van der Waals surface area contributed by atoms with Gasteiger partial charge in [0.1, 0.15) is 5.60 Å². The van der Waals surface area contributed by atoms with Crippen molar-refractivity contribution in [2.75, 3.05) is 19.7 Å². The summed E-state index contributed by atoms with van der Waals surface area (Å²) < 4.78 is 4.55. The summed E-state index contributed by atoms with van der Waals surface area (Å²) in [6, 6.07) is 0. The van der Waals surface area contributed by atoms with E-state index in [0.717, 1.165) is 25.9 Å². The van der Waals surface area contributed by atoms with Gasteiger partial charge < -0.3 is 20.9 Å². The van der Waals surface area contributed by atoms with Gasteiger partial charge in [0, 0.05) is 5.54 Å². The maximum atomic E-state index is 9.60. The summed E-state index contributed by atoms with van der Waals surface area (Å²) in [6.45, 7) is 7.92. The number of ether oxygens (including phenoxy) is 1. The lowest BCUT2D eigenvalue weighted by atomic mass is 9.91. The number of hydrogen-bond donors (Lipinski definition) is 3. The van der Waals surface area contributed by atoms with Gasteiger partial charge in [-0.25, -0.2) is 0 Å². The topological polar surface area (TPSA) is 84.6 Å². The molecule has 1 heterocycles. The van der Waals surface area contributed by atoms with E-state index in [1.54, 1.807) is 0 Å². The summed E-state index contributed by atoms with van der Waals surface area (Å²) >= 11 is 0. The van der Waals surface area contributed by atoms with Crippen LogP contribution in [0.3, 0.4) is 0 Å². The first-order valence-electron chi connectivity index (χ1n) is 5.55. The van der Waals surface area contributed by atoms with Gasteiger partial charge in [-0.05, 0) is 46.7 Å². The first kappa shape index (κ1) is 15.3. The van der Waals surface area contributed by atoms with Gasteiger partial charge >= 0.3 is 0 Å². The van der Waals surface area contributed by atoms with Crippen LogP contribution in [0.5, 0.6) is 0 Å². The number of piperidine rings is 1. The second-order valence-electron chi connectivity index (χ2n) is 5.10. The molecule has 16 heavy (non-hydrogen) atoms. The fourth-order valence-electron chi connectivity index (χ4n) is 1.23. The van der Waals surface area contributed by atoms with Crippen molar-refractivity contribution >= 4 is 6.47 Å². The van der Waals surface area contributed by atoms with Crippen molar-refractivity contribution in [1.29, 1.82) is 0 Å². The normalized spacial score (nSPS) is 19.3. The van der Waals surface area contributed by atoms with Gasteiger partial charge in [0.05, 0.1) is 6.61 Å². The van der Waals surface area contributed by atoms with E-state index in [2.05, 4.69) is 10.1 Å². The van der Waals surface area contributed by atoms with Crippen molar-refractivity contribution in [3.05, 3.63) is 0 Å². The maximum Gasteiger partial charge on any atom is 0.293 e. The Morgan fingerprint density at radius 1 is 1.44 bits per heavy atom. The lowest BCUT2D eigenvalue weighted by Crippen LogP contribution is -2.51. The standard InChI is InChI=1S/C6H14N2O.C5H10O2/c7-6(5-9)1-3-8-4-2-6;1-5(2,3)7-4-6/h8-9H,1-5,7H2;4H,1-3H3. The van der Waals surface area contributed by atoms with Crippen LogP contribution in [-0.2, 0) is 9.53 Å². The van der Waals surface area contributed by atoms with Crippen LogP contribution >= 0.6 is 0 Å². The van der Waals surface area contributed by atoms with Crippen molar-refractivity contribution in [3.63, 3.8) is 0 Å². The average molecular weight is 232 g/mol. The molecular formula is C11H24N2O3. The fourth-order valence-corrected chi connectivity index (χ4v) is 1.23. The van der Waals surface area contributed by atoms with Crippen molar-refractivity contribution in [2.24, 2.45) is 5.73 Å². The summed E-state index contributed by atoms with van der Waals surface area (Å²) in [5, 5.41) is 12.0. The zero-order chi connectivity index (χ0) is 12.7. The van der Waals surface area contributed by atoms with Gasteiger partial charge in [-0.15, -0.1) is 0 Å². The van der Waals surface area contributed by atoms with Crippen LogP contribution < -0.4 is 11.1 Å². The van der Waals surface area contributed by atoms with E-state index in [0.29, 0.717) is 6.47 Å². The van der Waals surface area contributed by atoms with E-state index in [1.165, 1.54) is 0 Å². The number of nitrogens with one attached hydrogen (secondary N) is 1. The van der Waals surface area contributed by atoms with Gasteiger partial charge in [0.15, 0.2) is 0 Å². The number of carbonyl (C=O) groups is 1. The number of hydrogen-bond acceptors (Lipinski definition) is 5. The summed E-state index contributed by atoms with van der Waals surface area (Å²) in [7, 11) is 0. The zero-order valence-corrected chi connectivity index (χ0v) is 10.5. The fraction of sp³-hybridized carbons (Fsp3) is 0.909. The molecule has 1 aliphatic rings. The Balaban J connectivity index is 0.000000293. The molecule has 0 aromatic carbocycles. The van der Waals surface area contributed by atoms with E-state index in [1.807, 2.05) is 20.8 Å². The van der Waals surface area contributed by atoms with Crippen LogP contribution in [0.2, 0.25) is 0 Å². The van der Waals surface area contributed by atoms with E-state index in [4.69, 9.17) is 10.8 Å². The van der Waals surface area contributed by atoms with Crippen LogP contribution in [0.15, 0.2) is 0 Å². The summed E-state index contributed by atoms with van der Waals surface area (Å²) in [5.41, 5.74) is 5.16. The molecule has 0 aliphatic carbocycles. The molecule has 96 valence electrons. The van der Waals surface area contributed by atoms with Gasteiger partial charge in [-0.3, -0.25) is 4.79 Å². The van der Waals surface area contributed by atoms with E-state index in [9.17, 15) is 4.79 Å². The lowest BCUT2D eigenvalue weighted by Gasteiger charge is -2.31. The van der Waals surface area contributed by atoms with E-state index >= 15 is 0 Å². The summed E-state index contributed by atoms with van der Waals surface area (Å²) in [6.07, 6.45) is 1.78. The Labute approximate surface area is 97.3 Å². The Hall–Kier alpha value is -0.650. The molecule has 0 atom stereocenters. The number of nitrogens with two attached hydrogens (primary N) is 1. The number of rotatable bonds is 2. The minimum Gasteiger partial charge on any atom is -0.462 e. The predicted molar refractivity (Wildman–Crippen MR) is 63.0 cm³/mol. The Morgan fingerprint density at radius 3 is 2.12 bits per heavy atom. The third kappa shape index (κ3) is 7.62. The number of carbonyl (C=O) groups excluding carboxylic acids is 1. The van der Waals surface area contributed by atoms with Crippen LogP contribution in [0, 0.1) is 0 Å². The molecule has 5 nitrogen and oxygen atoms in total. The lowest BCUT2D eigenvalue weighted by molar-refractivity contribution is -0.138. The minimum atomic E-state index is -0.318. The quantitative estimate of drug-likeness (QED) is 0.584. The van der Waals surface area contributed by atoms with Crippen molar-refractivity contribution in [3.8, 4) is 0 Å². The molecule has 1 fully saturated rings. The first-order chi connectivity index (χ1) is 7.33. The van der Waals surface area contributed by atoms with Crippen molar-refractivity contribution in [1.82, 2.24) is 5.32 Å². The molecule has 4 N–H and O–H groups in total. The summed E-state index contributed by atoms with van der Waals surface area (Å²) in [4.78, 5) is 9.60. The molecule has 0 amide bonds. The number of aliphatic hydroxyl groups excluding tert-OH is 1. The second-order valence-corrected chi connectivity index (χ2v) is 5.10. The third-order valence-corrected chi connectivity index (χ3v) is 2.32. The predicted octanol–water partition coefficient (Wildman–Crippen LogP) is 0.0175. The van der Waals surface area contributed by atoms with E-state index in [-0.39, 0.29) is 17.7 Å². The molecule has 0 unspecified atom stereocenters. The molecule has 0 radical (unpaired) electrons. The SMILES string of the molecule is CC(C)(C)OC=O.NC1(CO)CCNCC1. The maximum absolute atomic E-state index is 9.60. The smallest absolute Gasteiger partial charge is 0.293 e. The molecule has 0 bridgehead atoms. The molecule has 0 saturated carbocycles. The van der Waals surface area contributed by atoms with Crippen molar-refractivity contribution in [2.45, 2.75) is 44.8 Å². The molecule has 1 rings (SSSR count). The second kappa shape index (κ2) is 6.83. The van der Waals surface area contributed by atoms with Crippen molar-refractivity contribution < 1.29 is 14.6 Å². The monoisotopic (exact) mass is 232 g/mol. The van der Waals surface area contributed by atoms with Gasteiger partial charge in [0.25, 0.3) is 6.47 Å². The van der Waals surface area contributed by atoms with Crippen LogP contribution in [-0.4, -0.2) is 42.4 Å². The van der Waals surface area contributed by atoms with E-state index < -0.39 is 0 Å². The Bertz CT molecular complexity index is 196. The highest BCUT2D eigenvalue weighted by Gasteiger charge is 2.25. The highest BCUT2D eigenvalue weighted by atomic mass is 16.5. The van der Waals surface area contributed by atoms with Gasteiger partial charge in [-0.2, -0.15) is 0 Å². The number of aliphatic hydroxyl groups is 1. The molecule has 0 aromatic rings. The van der Waals surface area contributed by atoms with Crippen LogP contribution in [0.4, 0.5) is 0 Å². The summed E-state index contributed by atoms with van der Waals surface area (Å²) in [5.74, 6) is 0. The van der Waals surface area contributed by atoms with Gasteiger partial charge in [0.2, 0.25) is 0 Å². The largest absolute Gasteiger partial charge is 0.462 e. The highest BCUT2D eigenvalue weighted by molar-refractivity contribution is 5.37. The molecule has 5 heteroatoms.